The molecule has 2 aromatic carbocycles. The summed E-state index contributed by atoms with van der Waals surface area (Å²) in [6, 6.07) is 8.73. The molecule has 0 unspecified atom stereocenters. The van der Waals surface area contributed by atoms with E-state index in [4.69, 9.17) is 4.74 Å². The monoisotopic (exact) mass is 276 g/mol. The molecule has 0 saturated carbocycles. The molecular formula is C14H13FN2O3. The van der Waals surface area contributed by atoms with Gasteiger partial charge in [-0.05, 0) is 42.8 Å². The van der Waals surface area contributed by atoms with Gasteiger partial charge in [0.25, 0.3) is 0 Å². The highest BCUT2D eigenvalue weighted by atomic mass is 19.1. The van der Waals surface area contributed by atoms with Crippen molar-refractivity contribution < 1.29 is 14.1 Å². The number of nitrogens with zero attached hydrogens (tertiary/aromatic N) is 1. The van der Waals surface area contributed by atoms with Crippen LogP contribution >= 0.6 is 0 Å². The molecule has 0 saturated heterocycles. The highest BCUT2D eigenvalue weighted by molar-refractivity contribution is 5.68. The van der Waals surface area contributed by atoms with Gasteiger partial charge in [-0.15, -0.1) is 0 Å². The van der Waals surface area contributed by atoms with Gasteiger partial charge in [0, 0.05) is 7.05 Å². The van der Waals surface area contributed by atoms with Crippen LogP contribution in [0.3, 0.4) is 0 Å². The molecule has 2 rings (SSSR count). The van der Waals surface area contributed by atoms with E-state index in [0.29, 0.717) is 17.0 Å². The van der Waals surface area contributed by atoms with Gasteiger partial charge in [0.15, 0.2) is 0 Å². The van der Waals surface area contributed by atoms with E-state index >= 15 is 0 Å². The molecule has 5 nitrogen and oxygen atoms in total. The molecule has 0 bridgehead atoms. The van der Waals surface area contributed by atoms with Gasteiger partial charge in [-0.3, -0.25) is 10.1 Å². The molecule has 2 aromatic rings. The molecule has 0 aliphatic rings. The van der Waals surface area contributed by atoms with Crippen LogP contribution in [0.1, 0.15) is 5.56 Å². The second kappa shape index (κ2) is 5.56. The van der Waals surface area contributed by atoms with Crippen LogP contribution in [0.4, 0.5) is 15.8 Å². The number of nitro benzene ring substituents is 1. The summed E-state index contributed by atoms with van der Waals surface area (Å²) >= 11 is 0. The molecule has 0 radical (unpaired) electrons. The van der Waals surface area contributed by atoms with Crippen molar-refractivity contribution in [1.29, 1.82) is 0 Å². The molecule has 6 heteroatoms. The normalized spacial score (nSPS) is 10.2. The SMILES string of the molecule is CNc1cccc(Oc2ccc(F)cc2C)c1[N+](=O)[O-]. The number of benzene rings is 2. The van der Waals surface area contributed by atoms with E-state index in [2.05, 4.69) is 5.32 Å². The first kappa shape index (κ1) is 13.8. The lowest BCUT2D eigenvalue weighted by atomic mass is 10.2. The number of rotatable bonds is 4. The molecule has 104 valence electrons. The second-order valence-electron chi connectivity index (χ2n) is 4.17. The topological polar surface area (TPSA) is 64.4 Å². The molecule has 0 aliphatic carbocycles. The summed E-state index contributed by atoms with van der Waals surface area (Å²) in [6.45, 7) is 1.67. The Morgan fingerprint density at radius 1 is 1.25 bits per heavy atom. The zero-order valence-electron chi connectivity index (χ0n) is 11.0. The summed E-state index contributed by atoms with van der Waals surface area (Å²) in [7, 11) is 1.59. The first-order valence-electron chi connectivity index (χ1n) is 5.92. The maximum Gasteiger partial charge on any atom is 0.334 e. The molecular weight excluding hydrogens is 263 g/mol. The molecule has 0 atom stereocenters. The molecule has 20 heavy (non-hydrogen) atoms. The Morgan fingerprint density at radius 3 is 2.60 bits per heavy atom. The fraction of sp³-hybridized carbons (Fsp3) is 0.143. The van der Waals surface area contributed by atoms with Crippen LogP contribution in [-0.2, 0) is 0 Å². The fourth-order valence-corrected chi connectivity index (χ4v) is 1.84. The molecule has 1 N–H and O–H groups in total. The third-order valence-corrected chi connectivity index (χ3v) is 2.81. The Kier molecular flexibility index (Phi) is 3.84. The number of hydrogen-bond donors (Lipinski definition) is 1. The predicted octanol–water partition coefficient (Wildman–Crippen LogP) is 3.88. The maximum atomic E-state index is 13.0. The Morgan fingerprint density at radius 2 is 2.00 bits per heavy atom. The van der Waals surface area contributed by atoms with Gasteiger partial charge in [0.05, 0.1) is 4.92 Å². The lowest BCUT2D eigenvalue weighted by molar-refractivity contribution is -0.384. The van der Waals surface area contributed by atoms with Gasteiger partial charge >= 0.3 is 5.69 Å². The standard InChI is InChI=1S/C14H13FN2O3/c1-9-8-10(15)6-7-12(9)20-13-5-3-4-11(16-2)14(13)17(18)19/h3-8,16H,1-2H3. The van der Waals surface area contributed by atoms with Gasteiger partial charge < -0.3 is 10.1 Å². The van der Waals surface area contributed by atoms with E-state index in [1.807, 2.05) is 0 Å². The third kappa shape index (κ3) is 2.69. The summed E-state index contributed by atoms with van der Waals surface area (Å²) in [5.74, 6) is 0.104. The fourth-order valence-electron chi connectivity index (χ4n) is 1.84. The van der Waals surface area contributed by atoms with Gasteiger partial charge in [0.2, 0.25) is 5.75 Å². The van der Waals surface area contributed by atoms with E-state index in [1.165, 1.54) is 24.3 Å². The number of aryl methyl sites for hydroxylation is 1. The van der Waals surface area contributed by atoms with Crippen molar-refractivity contribution >= 4 is 11.4 Å². The van der Waals surface area contributed by atoms with Crippen LogP contribution in [0.2, 0.25) is 0 Å². The van der Waals surface area contributed by atoms with E-state index in [-0.39, 0.29) is 17.3 Å². The van der Waals surface area contributed by atoms with Crippen molar-refractivity contribution in [2.24, 2.45) is 0 Å². The number of ether oxygens (including phenoxy) is 1. The lowest BCUT2D eigenvalue weighted by Gasteiger charge is -2.11. The minimum absolute atomic E-state index is 0.108. The molecule has 0 fully saturated rings. The average Bonchev–Trinajstić information content (AvgIpc) is 2.41. The highest BCUT2D eigenvalue weighted by Crippen LogP contribution is 2.38. The van der Waals surface area contributed by atoms with Crippen molar-refractivity contribution in [3.8, 4) is 11.5 Å². The Hall–Kier alpha value is -2.63. The second-order valence-corrected chi connectivity index (χ2v) is 4.17. The van der Waals surface area contributed by atoms with Crippen molar-refractivity contribution in [3.05, 3.63) is 57.9 Å². The molecule has 0 aromatic heterocycles. The number of nitro groups is 1. The van der Waals surface area contributed by atoms with Crippen LogP contribution in [0, 0.1) is 22.9 Å². The van der Waals surface area contributed by atoms with E-state index < -0.39 is 4.92 Å². The summed E-state index contributed by atoms with van der Waals surface area (Å²) in [5.41, 5.74) is 0.764. The smallest absolute Gasteiger partial charge is 0.334 e. The largest absolute Gasteiger partial charge is 0.450 e. The van der Waals surface area contributed by atoms with Crippen LogP contribution in [0.25, 0.3) is 0 Å². The number of para-hydroxylation sites is 1. The third-order valence-electron chi connectivity index (χ3n) is 2.81. The van der Waals surface area contributed by atoms with Crippen LogP contribution in [0.15, 0.2) is 36.4 Å². The van der Waals surface area contributed by atoms with Gasteiger partial charge in [-0.25, -0.2) is 4.39 Å². The lowest BCUT2D eigenvalue weighted by Crippen LogP contribution is -1.99. The number of hydrogen-bond acceptors (Lipinski definition) is 4. The van der Waals surface area contributed by atoms with Crippen molar-refractivity contribution in [3.63, 3.8) is 0 Å². The van der Waals surface area contributed by atoms with Gasteiger partial charge in [0.1, 0.15) is 17.3 Å². The minimum Gasteiger partial charge on any atom is -0.450 e. The van der Waals surface area contributed by atoms with Crippen molar-refractivity contribution in [2.75, 3.05) is 12.4 Å². The summed E-state index contributed by atoms with van der Waals surface area (Å²) in [5, 5.41) is 13.9. The summed E-state index contributed by atoms with van der Waals surface area (Å²) in [4.78, 5) is 10.6. The zero-order chi connectivity index (χ0) is 14.7. The maximum absolute atomic E-state index is 13.0. The van der Waals surface area contributed by atoms with E-state index in [9.17, 15) is 14.5 Å². The van der Waals surface area contributed by atoms with Crippen LogP contribution < -0.4 is 10.1 Å². The highest BCUT2D eigenvalue weighted by Gasteiger charge is 2.21. The first-order chi connectivity index (χ1) is 9.52. The number of anilines is 1. The Balaban J connectivity index is 2.45. The molecule has 0 heterocycles. The Bertz CT molecular complexity index is 659. The van der Waals surface area contributed by atoms with E-state index in [1.54, 1.807) is 26.1 Å². The van der Waals surface area contributed by atoms with E-state index in [0.717, 1.165) is 0 Å². The average molecular weight is 276 g/mol. The molecule has 0 aliphatic heterocycles. The number of nitrogens with one attached hydrogen (secondary N) is 1. The van der Waals surface area contributed by atoms with Crippen LogP contribution in [0.5, 0.6) is 11.5 Å². The summed E-state index contributed by atoms with van der Waals surface area (Å²) in [6.07, 6.45) is 0. The molecule has 0 amide bonds. The first-order valence-corrected chi connectivity index (χ1v) is 5.92. The quantitative estimate of drug-likeness (QED) is 0.680. The van der Waals surface area contributed by atoms with Crippen LogP contribution in [-0.4, -0.2) is 12.0 Å². The van der Waals surface area contributed by atoms with Gasteiger partial charge in [-0.2, -0.15) is 0 Å². The van der Waals surface area contributed by atoms with Crippen molar-refractivity contribution in [2.45, 2.75) is 6.92 Å². The van der Waals surface area contributed by atoms with Crippen molar-refractivity contribution in [1.82, 2.24) is 0 Å². The minimum atomic E-state index is -0.514. The number of halogens is 1. The predicted molar refractivity (Wildman–Crippen MR) is 73.9 cm³/mol. The molecule has 0 spiro atoms. The Labute approximate surface area is 115 Å². The zero-order valence-corrected chi connectivity index (χ0v) is 11.0. The van der Waals surface area contributed by atoms with Gasteiger partial charge in [-0.1, -0.05) is 6.07 Å². The summed E-state index contributed by atoms with van der Waals surface area (Å²) < 4.78 is 18.6.